The first-order valence-corrected chi connectivity index (χ1v) is 8.02. The summed E-state index contributed by atoms with van der Waals surface area (Å²) in [5, 5.41) is 3.96. The van der Waals surface area contributed by atoms with Gasteiger partial charge in [0, 0.05) is 24.7 Å². The number of hydrogen-bond donors (Lipinski definition) is 1. The molecule has 0 aliphatic carbocycles. The molecule has 1 saturated heterocycles. The summed E-state index contributed by atoms with van der Waals surface area (Å²) in [4.78, 5) is 14.5. The maximum Gasteiger partial charge on any atom is 0.227 e. The van der Waals surface area contributed by atoms with Crippen molar-refractivity contribution in [3.63, 3.8) is 0 Å². The van der Waals surface area contributed by atoms with Crippen LogP contribution >= 0.6 is 24.0 Å². The van der Waals surface area contributed by atoms with Crippen LogP contribution in [0, 0.1) is 5.82 Å². The number of piperazine rings is 1. The molecule has 1 amide bonds. The van der Waals surface area contributed by atoms with Crippen LogP contribution in [-0.2, 0) is 11.2 Å². The molecule has 1 aliphatic rings. The smallest absolute Gasteiger partial charge is 0.227 e. The molecule has 0 saturated carbocycles. The van der Waals surface area contributed by atoms with Gasteiger partial charge in [-0.05, 0) is 29.3 Å². The van der Waals surface area contributed by atoms with E-state index in [0.717, 1.165) is 12.1 Å². The molecule has 1 unspecified atom stereocenters. The monoisotopic (exact) mass is 368 g/mol. The lowest BCUT2D eigenvalue weighted by Crippen LogP contribution is -2.49. The van der Waals surface area contributed by atoms with Crippen molar-refractivity contribution in [2.24, 2.45) is 0 Å². The van der Waals surface area contributed by atoms with Crippen LogP contribution in [-0.4, -0.2) is 30.4 Å². The number of amides is 1. The summed E-state index contributed by atoms with van der Waals surface area (Å²) in [5.74, 6) is -0.333. The number of carbonyl (C=O) groups is 1. The third kappa shape index (κ3) is 4.26. The number of carbonyl (C=O) groups excluding carboxylic acids is 1. The van der Waals surface area contributed by atoms with Gasteiger partial charge in [0.15, 0.2) is 0 Å². The predicted molar refractivity (Wildman–Crippen MR) is 96.1 cm³/mol. The normalized spacial score (nSPS) is 17.2. The average molecular weight is 369 g/mol. The summed E-state index contributed by atoms with van der Waals surface area (Å²) in [6, 6.07) is 13.7. The summed E-state index contributed by atoms with van der Waals surface area (Å²) in [5.41, 5.74) is 1.63. The van der Waals surface area contributed by atoms with Gasteiger partial charge < -0.3 is 10.2 Å². The number of nitrogens with zero attached hydrogens (tertiary/aromatic N) is 1. The van der Waals surface area contributed by atoms with Crippen molar-refractivity contribution in [1.29, 1.82) is 0 Å². The molecule has 3 rings (SSSR count). The zero-order valence-electron chi connectivity index (χ0n) is 13.0. The Bertz CT molecular complexity index is 711. The standard InChI is InChI=1S/C18H18ClFN2O.ClH/c19-16-7-2-1-6-15(16)17-12-21-8-9-22(17)18(23)11-13-4-3-5-14(20)10-13;/h1-7,10,17,21H,8-9,11-12H2;1H. The van der Waals surface area contributed by atoms with Crippen molar-refractivity contribution >= 4 is 29.9 Å². The minimum Gasteiger partial charge on any atom is -0.333 e. The lowest BCUT2D eigenvalue weighted by Gasteiger charge is -2.37. The second kappa shape index (κ2) is 8.47. The third-order valence-electron chi connectivity index (χ3n) is 4.07. The summed E-state index contributed by atoms with van der Waals surface area (Å²) in [6.45, 7) is 2.03. The Morgan fingerprint density at radius 2 is 2.04 bits per heavy atom. The van der Waals surface area contributed by atoms with Gasteiger partial charge in [-0.15, -0.1) is 12.4 Å². The molecule has 2 aromatic rings. The topological polar surface area (TPSA) is 32.3 Å². The Labute approximate surface area is 152 Å². The Morgan fingerprint density at radius 3 is 2.79 bits per heavy atom. The minimum absolute atomic E-state index is 0. The quantitative estimate of drug-likeness (QED) is 0.897. The molecule has 1 aliphatic heterocycles. The Hall–Kier alpha value is -1.62. The molecular weight excluding hydrogens is 350 g/mol. The van der Waals surface area contributed by atoms with Crippen LogP contribution in [0.15, 0.2) is 48.5 Å². The van der Waals surface area contributed by atoms with Crippen LogP contribution in [0.4, 0.5) is 4.39 Å². The second-order valence-corrected chi connectivity index (χ2v) is 6.04. The number of rotatable bonds is 3. The van der Waals surface area contributed by atoms with E-state index in [4.69, 9.17) is 11.6 Å². The summed E-state index contributed by atoms with van der Waals surface area (Å²) in [7, 11) is 0. The van der Waals surface area contributed by atoms with Crippen molar-refractivity contribution in [3.05, 3.63) is 70.5 Å². The van der Waals surface area contributed by atoms with Crippen LogP contribution in [0.1, 0.15) is 17.2 Å². The third-order valence-corrected chi connectivity index (χ3v) is 4.42. The predicted octanol–water partition coefficient (Wildman–Crippen LogP) is 3.62. The summed E-state index contributed by atoms with van der Waals surface area (Å²) < 4.78 is 13.3. The SMILES string of the molecule is Cl.O=C(Cc1cccc(F)c1)N1CCNCC1c1ccccc1Cl. The second-order valence-electron chi connectivity index (χ2n) is 5.64. The highest BCUT2D eigenvalue weighted by atomic mass is 35.5. The maximum absolute atomic E-state index is 13.3. The molecule has 2 aromatic carbocycles. The van der Waals surface area contributed by atoms with E-state index < -0.39 is 0 Å². The van der Waals surface area contributed by atoms with E-state index in [-0.39, 0.29) is 36.6 Å². The summed E-state index contributed by atoms with van der Waals surface area (Å²) in [6.07, 6.45) is 0.193. The van der Waals surface area contributed by atoms with Crippen molar-refractivity contribution in [2.75, 3.05) is 19.6 Å². The Morgan fingerprint density at radius 1 is 1.25 bits per heavy atom. The number of halogens is 3. The molecule has 128 valence electrons. The Kier molecular flexibility index (Phi) is 6.60. The lowest BCUT2D eigenvalue weighted by molar-refractivity contribution is -0.133. The van der Waals surface area contributed by atoms with E-state index >= 15 is 0 Å². The molecule has 1 N–H and O–H groups in total. The van der Waals surface area contributed by atoms with Crippen LogP contribution in [0.5, 0.6) is 0 Å². The van der Waals surface area contributed by atoms with E-state index in [9.17, 15) is 9.18 Å². The maximum atomic E-state index is 13.3. The lowest BCUT2D eigenvalue weighted by atomic mass is 10.0. The van der Waals surface area contributed by atoms with E-state index in [0.29, 0.717) is 23.7 Å². The fourth-order valence-corrected chi connectivity index (χ4v) is 3.21. The first-order valence-electron chi connectivity index (χ1n) is 7.64. The zero-order valence-corrected chi connectivity index (χ0v) is 14.6. The fourth-order valence-electron chi connectivity index (χ4n) is 2.95. The molecule has 24 heavy (non-hydrogen) atoms. The summed E-state index contributed by atoms with van der Waals surface area (Å²) >= 11 is 6.29. The van der Waals surface area contributed by atoms with E-state index in [1.54, 1.807) is 12.1 Å². The van der Waals surface area contributed by atoms with Gasteiger partial charge in [0.25, 0.3) is 0 Å². The largest absolute Gasteiger partial charge is 0.333 e. The number of hydrogen-bond acceptors (Lipinski definition) is 2. The number of benzene rings is 2. The van der Waals surface area contributed by atoms with Gasteiger partial charge in [-0.1, -0.05) is 41.9 Å². The highest BCUT2D eigenvalue weighted by molar-refractivity contribution is 6.31. The molecule has 3 nitrogen and oxygen atoms in total. The van der Waals surface area contributed by atoms with Crippen molar-refractivity contribution < 1.29 is 9.18 Å². The van der Waals surface area contributed by atoms with Crippen LogP contribution in [0.2, 0.25) is 5.02 Å². The van der Waals surface area contributed by atoms with Gasteiger partial charge in [-0.2, -0.15) is 0 Å². The van der Waals surface area contributed by atoms with Crippen molar-refractivity contribution in [3.8, 4) is 0 Å². The number of nitrogens with one attached hydrogen (secondary N) is 1. The van der Waals surface area contributed by atoms with Crippen molar-refractivity contribution in [1.82, 2.24) is 10.2 Å². The highest BCUT2D eigenvalue weighted by Crippen LogP contribution is 2.29. The van der Waals surface area contributed by atoms with Crippen LogP contribution in [0.3, 0.4) is 0 Å². The molecule has 0 bridgehead atoms. The fraction of sp³-hybridized carbons (Fsp3) is 0.278. The molecule has 1 heterocycles. The molecule has 0 radical (unpaired) electrons. The molecular formula is C18H19Cl2FN2O. The Balaban J connectivity index is 0.00000208. The van der Waals surface area contributed by atoms with Gasteiger partial charge in [0.05, 0.1) is 12.5 Å². The zero-order chi connectivity index (χ0) is 16.2. The molecule has 1 atom stereocenters. The van der Waals surface area contributed by atoms with Crippen molar-refractivity contribution in [2.45, 2.75) is 12.5 Å². The highest BCUT2D eigenvalue weighted by Gasteiger charge is 2.29. The molecule has 0 spiro atoms. The van der Waals surface area contributed by atoms with Crippen LogP contribution < -0.4 is 5.32 Å². The van der Waals surface area contributed by atoms with E-state index in [2.05, 4.69) is 5.32 Å². The van der Waals surface area contributed by atoms with Gasteiger partial charge in [0.2, 0.25) is 5.91 Å². The van der Waals surface area contributed by atoms with Gasteiger partial charge in [0.1, 0.15) is 5.82 Å². The molecule has 0 aromatic heterocycles. The van der Waals surface area contributed by atoms with Gasteiger partial charge in [-0.25, -0.2) is 4.39 Å². The average Bonchev–Trinajstić information content (AvgIpc) is 2.55. The minimum atomic E-state index is -0.321. The first-order chi connectivity index (χ1) is 11.1. The van der Waals surface area contributed by atoms with Gasteiger partial charge in [-0.3, -0.25) is 4.79 Å². The molecule has 1 fully saturated rings. The van der Waals surface area contributed by atoms with E-state index in [1.165, 1.54) is 12.1 Å². The van der Waals surface area contributed by atoms with E-state index in [1.807, 2.05) is 29.2 Å². The molecule has 6 heteroatoms. The first kappa shape index (κ1) is 18.7. The van der Waals surface area contributed by atoms with Gasteiger partial charge >= 0.3 is 0 Å². The van der Waals surface area contributed by atoms with Crippen LogP contribution in [0.25, 0.3) is 0 Å².